The van der Waals surface area contributed by atoms with Gasteiger partial charge in [-0.15, -0.1) is 0 Å². The Labute approximate surface area is 209 Å². The van der Waals surface area contributed by atoms with Crippen molar-refractivity contribution in [1.29, 1.82) is 0 Å². The van der Waals surface area contributed by atoms with Crippen LogP contribution in [0.2, 0.25) is 0 Å². The zero-order valence-corrected chi connectivity index (χ0v) is 19.9. The van der Waals surface area contributed by atoms with E-state index < -0.39 is 6.04 Å². The number of fused-ring (bicyclic) bond motifs is 1. The number of para-hydroxylation sites is 3. The Hall–Kier alpha value is -4.69. The fraction of sp³-hybridized carbons (Fsp3) is 0.107. The number of amides is 1. The van der Waals surface area contributed by atoms with Gasteiger partial charge in [0.2, 0.25) is 5.95 Å². The molecule has 1 amide bonds. The van der Waals surface area contributed by atoms with Crippen molar-refractivity contribution in [3.63, 3.8) is 0 Å². The Kier molecular flexibility index (Phi) is 6.59. The van der Waals surface area contributed by atoms with Crippen LogP contribution in [0.15, 0.2) is 103 Å². The minimum atomic E-state index is -0.668. The van der Waals surface area contributed by atoms with Crippen LogP contribution in [0.5, 0.6) is 0 Å². The molecule has 1 atom stereocenters. The summed E-state index contributed by atoms with van der Waals surface area (Å²) in [5, 5.41) is 3.99. The molecule has 2 aromatic heterocycles. The summed E-state index contributed by atoms with van der Waals surface area (Å²) in [5.74, 6) is 5.93. The maximum absolute atomic E-state index is 13.4. The first-order valence-electron chi connectivity index (χ1n) is 11.7. The van der Waals surface area contributed by atoms with Crippen molar-refractivity contribution in [2.75, 3.05) is 23.8 Å². The van der Waals surface area contributed by atoms with Gasteiger partial charge in [-0.05, 0) is 42.5 Å². The molecule has 0 unspecified atom stereocenters. The van der Waals surface area contributed by atoms with Gasteiger partial charge in [-0.1, -0.05) is 54.6 Å². The average molecular weight is 478 g/mol. The largest absolute Gasteiger partial charge is 0.357 e. The maximum Gasteiger partial charge on any atom is 0.258 e. The Morgan fingerprint density at radius 2 is 1.58 bits per heavy atom. The van der Waals surface area contributed by atoms with Crippen molar-refractivity contribution >= 4 is 34.1 Å². The van der Waals surface area contributed by atoms with Crippen molar-refractivity contribution in [3.8, 4) is 11.4 Å². The van der Waals surface area contributed by atoms with Crippen LogP contribution in [-0.2, 0) is 4.79 Å². The highest BCUT2D eigenvalue weighted by Gasteiger charge is 2.28. The minimum Gasteiger partial charge on any atom is -0.357 e. The molecule has 8 heteroatoms. The molecule has 3 aromatic carbocycles. The number of carbonyl (C=O) groups is 1. The van der Waals surface area contributed by atoms with Gasteiger partial charge >= 0.3 is 0 Å². The lowest BCUT2D eigenvalue weighted by Gasteiger charge is -2.31. The zero-order valence-electron chi connectivity index (χ0n) is 19.9. The summed E-state index contributed by atoms with van der Waals surface area (Å²) in [4.78, 5) is 24.5. The van der Waals surface area contributed by atoms with Crippen LogP contribution in [-0.4, -0.2) is 34.0 Å². The topological polar surface area (TPSA) is 101 Å². The van der Waals surface area contributed by atoms with Gasteiger partial charge in [0.15, 0.2) is 0 Å². The highest BCUT2D eigenvalue weighted by atomic mass is 16.2. The number of hydrogen-bond donors (Lipinski definition) is 3. The molecule has 0 fully saturated rings. The molecule has 5 aromatic rings. The van der Waals surface area contributed by atoms with Crippen molar-refractivity contribution in [2.24, 2.45) is 5.84 Å². The predicted octanol–water partition coefficient (Wildman–Crippen LogP) is 4.51. The van der Waals surface area contributed by atoms with Crippen LogP contribution >= 0.6 is 0 Å². The summed E-state index contributed by atoms with van der Waals surface area (Å²) in [7, 11) is 1.77. The van der Waals surface area contributed by atoms with Gasteiger partial charge in [-0.25, -0.2) is 15.8 Å². The minimum absolute atomic E-state index is 0.308. The van der Waals surface area contributed by atoms with Gasteiger partial charge < -0.3 is 14.8 Å². The van der Waals surface area contributed by atoms with Crippen molar-refractivity contribution < 1.29 is 4.79 Å². The number of benzene rings is 3. The van der Waals surface area contributed by atoms with Gasteiger partial charge in [0.05, 0.1) is 17.9 Å². The monoisotopic (exact) mass is 477 g/mol. The van der Waals surface area contributed by atoms with Crippen LogP contribution in [0, 0.1) is 0 Å². The van der Waals surface area contributed by atoms with E-state index in [-0.39, 0.29) is 5.91 Å². The number of hydrogen-bond acceptors (Lipinski definition) is 6. The molecule has 5 rings (SSSR count). The van der Waals surface area contributed by atoms with Crippen molar-refractivity contribution in [3.05, 3.63) is 103 Å². The molecule has 4 N–H and O–H groups in total. The molecular weight excluding hydrogens is 450 g/mol. The second-order valence-electron chi connectivity index (χ2n) is 8.28. The normalized spacial score (nSPS) is 11.7. The highest BCUT2D eigenvalue weighted by Crippen LogP contribution is 2.34. The molecule has 0 aliphatic rings. The van der Waals surface area contributed by atoms with Gasteiger partial charge in [0.1, 0.15) is 6.04 Å². The lowest BCUT2D eigenvalue weighted by atomic mass is 10.1. The van der Waals surface area contributed by atoms with Crippen LogP contribution in [0.1, 0.15) is 6.04 Å². The molecule has 0 aliphatic heterocycles. The van der Waals surface area contributed by atoms with Crippen LogP contribution in [0.3, 0.4) is 0 Å². The Bertz CT molecular complexity index is 1430. The smallest absolute Gasteiger partial charge is 0.258 e. The molecule has 2 heterocycles. The number of nitrogens with zero attached hydrogens (tertiary/aromatic N) is 4. The SMILES string of the molecule is CNc1nccc(-c2cc3ccccc3n2[C@@H](CN(c2ccccc2)c2ccccc2)C(=O)NN)n1. The first kappa shape index (κ1) is 23.1. The lowest BCUT2D eigenvalue weighted by Crippen LogP contribution is -2.42. The number of anilines is 3. The fourth-order valence-electron chi connectivity index (χ4n) is 4.46. The fourth-order valence-corrected chi connectivity index (χ4v) is 4.46. The van der Waals surface area contributed by atoms with Crippen LogP contribution < -0.4 is 21.5 Å². The summed E-state index contributed by atoms with van der Waals surface area (Å²) in [6.07, 6.45) is 1.70. The standard InChI is InChI=1S/C28H27N7O/c1-30-28-31-17-16-23(32-28)25-18-20-10-8-9-15-24(20)35(25)26(27(36)33-29)19-34(21-11-4-2-5-12-21)22-13-6-3-7-14-22/h2-18,26H,19,29H2,1H3,(H,33,36)(H,30,31,32)/t26-/m0/s1. The summed E-state index contributed by atoms with van der Waals surface area (Å²) in [6, 6.07) is 31.2. The molecule has 180 valence electrons. The van der Waals surface area contributed by atoms with Crippen molar-refractivity contribution in [1.82, 2.24) is 20.0 Å². The molecule has 0 saturated carbocycles. The zero-order chi connectivity index (χ0) is 24.9. The third kappa shape index (κ3) is 4.49. The Balaban J connectivity index is 1.70. The molecule has 0 aliphatic carbocycles. The first-order chi connectivity index (χ1) is 17.7. The summed E-state index contributed by atoms with van der Waals surface area (Å²) in [6.45, 7) is 0.340. The number of aromatic nitrogens is 3. The van der Waals surface area contributed by atoms with E-state index in [1.807, 2.05) is 102 Å². The molecular formula is C28H27N7O. The average Bonchev–Trinajstić information content (AvgIpc) is 3.33. The number of rotatable bonds is 8. The maximum atomic E-state index is 13.4. The van der Waals surface area contributed by atoms with Crippen LogP contribution in [0.25, 0.3) is 22.3 Å². The van der Waals surface area contributed by atoms with Gasteiger partial charge in [-0.2, -0.15) is 0 Å². The molecule has 0 spiro atoms. The number of hydrazine groups is 1. The molecule has 0 bridgehead atoms. The second-order valence-corrected chi connectivity index (χ2v) is 8.28. The number of nitrogens with one attached hydrogen (secondary N) is 2. The van der Waals surface area contributed by atoms with Gasteiger partial charge in [0, 0.05) is 35.5 Å². The van der Waals surface area contributed by atoms with E-state index in [0.717, 1.165) is 28.0 Å². The quantitative estimate of drug-likeness (QED) is 0.173. The summed E-state index contributed by atoms with van der Waals surface area (Å²) in [5.41, 5.74) is 6.74. The van der Waals surface area contributed by atoms with E-state index in [4.69, 9.17) is 5.84 Å². The first-order valence-corrected chi connectivity index (χ1v) is 11.7. The summed E-state index contributed by atoms with van der Waals surface area (Å²) >= 11 is 0. The lowest BCUT2D eigenvalue weighted by molar-refractivity contribution is -0.124. The highest BCUT2D eigenvalue weighted by molar-refractivity contribution is 5.91. The molecule has 0 saturated heterocycles. The van der Waals surface area contributed by atoms with Gasteiger partial charge in [0.25, 0.3) is 5.91 Å². The summed E-state index contributed by atoms with van der Waals surface area (Å²) < 4.78 is 2.01. The molecule has 0 radical (unpaired) electrons. The van der Waals surface area contributed by atoms with Crippen molar-refractivity contribution in [2.45, 2.75) is 6.04 Å². The van der Waals surface area contributed by atoms with E-state index in [1.54, 1.807) is 13.2 Å². The Morgan fingerprint density at radius 3 is 2.22 bits per heavy atom. The van der Waals surface area contributed by atoms with Gasteiger partial charge in [-0.3, -0.25) is 10.2 Å². The number of nitrogens with two attached hydrogens (primary N) is 1. The van der Waals surface area contributed by atoms with E-state index in [9.17, 15) is 4.79 Å². The molecule has 36 heavy (non-hydrogen) atoms. The molecule has 8 nitrogen and oxygen atoms in total. The Morgan fingerprint density at radius 1 is 0.944 bits per heavy atom. The van der Waals surface area contributed by atoms with Crippen LogP contribution in [0.4, 0.5) is 17.3 Å². The van der Waals surface area contributed by atoms with E-state index in [0.29, 0.717) is 18.2 Å². The number of carbonyl (C=O) groups excluding carboxylic acids is 1. The second kappa shape index (κ2) is 10.3. The third-order valence-electron chi connectivity index (χ3n) is 6.14. The van der Waals surface area contributed by atoms with E-state index in [1.165, 1.54) is 0 Å². The van der Waals surface area contributed by atoms with E-state index >= 15 is 0 Å². The third-order valence-corrected chi connectivity index (χ3v) is 6.14. The van der Waals surface area contributed by atoms with E-state index in [2.05, 4.69) is 25.6 Å². The predicted molar refractivity (Wildman–Crippen MR) is 144 cm³/mol.